The Balaban J connectivity index is 1.79. The number of hydrogen-bond acceptors (Lipinski definition) is 5. The number of nitrogens with one attached hydrogen (secondary N) is 1. The molecule has 0 saturated carbocycles. The quantitative estimate of drug-likeness (QED) is 0.694. The molecule has 0 aliphatic heterocycles. The number of rotatable bonds is 7. The molecule has 3 rings (SSSR count). The van der Waals surface area contributed by atoms with Crippen molar-refractivity contribution in [3.63, 3.8) is 0 Å². The van der Waals surface area contributed by atoms with Crippen LogP contribution in [0.3, 0.4) is 0 Å². The second-order valence-electron chi connectivity index (χ2n) is 6.07. The van der Waals surface area contributed by atoms with Crippen molar-refractivity contribution < 1.29 is 4.52 Å². The highest BCUT2D eigenvalue weighted by Crippen LogP contribution is 2.22. The normalized spacial score (nSPS) is 11.7. The molecular formula is C17H23N5O. The summed E-state index contributed by atoms with van der Waals surface area (Å²) in [7, 11) is 4.18. The summed E-state index contributed by atoms with van der Waals surface area (Å²) in [5.74, 6) is 1.31. The van der Waals surface area contributed by atoms with E-state index in [1.807, 2.05) is 0 Å². The van der Waals surface area contributed by atoms with Crippen molar-refractivity contribution in [1.82, 2.24) is 20.0 Å². The Bertz CT molecular complexity index is 774. The molecule has 0 bridgehead atoms. The highest BCUT2D eigenvalue weighted by atomic mass is 16.5. The van der Waals surface area contributed by atoms with Gasteiger partial charge in [0.2, 0.25) is 5.89 Å². The molecule has 1 aromatic carbocycles. The summed E-state index contributed by atoms with van der Waals surface area (Å²) in [6.45, 7) is 1.56. The Morgan fingerprint density at radius 1 is 1.26 bits per heavy atom. The Morgan fingerprint density at radius 2 is 2.13 bits per heavy atom. The fourth-order valence-electron chi connectivity index (χ4n) is 2.65. The van der Waals surface area contributed by atoms with Gasteiger partial charge in [0.15, 0.2) is 5.82 Å². The van der Waals surface area contributed by atoms with Crippen molar-refractivity contribution in [2.75, 3.05) is 27.2 Å². The smallest absolute Gasteiger partial charge is 0.231 e. The van der Waals surface area contributed by atoms with Gasteiger partial charge in [0.25, 0.3) is 0 Å². The lowest BCUT2D eigenvalue weighted by Gasteiger charge is -2.08. The number of benzene rings is 1. The van der Waals surface area contributed by atoms with E-state index in [0.29, 0.717) is 31.1 Å². The molecule has 0 unspecified atom stereocenters. The summed E-state index contributed by atoms with van der Waals surface area (Å²) in [6, 6.07) is 6.42. The maximum absolute atomic E-state index is 5.51. The van der Waals surface area contributed by atoms with Gasteiger partial charge in [-0.25, -0.2) is 0 Å². The van der Waals surface area contributed by atoms with Crippen LogP contribution < -0.4 is 5.73 Å². The van der Waals surface area contributed by atoms with Crippen LogP contribution in [0.5, 0.6) is 0 Å². The zero-order valence-corrected chi connectivity index (χ0v) is 13.7. The van der Waals surface area contributed by atoms with Gasteiger partial charge < -0.3 is 20.1 Å². The zero-order valence-electron chi connectivity index (χ0n) is 13.7. The van der Waals surface area contributed by atoms with Crippen LogP contribution in [0, 0.1) is 0 Å². The van der Waals surface area contributed by atoms with Gasteiger partial charge >= 0.3 is 0 Å². The van der Waals surface area contributed by atoms with Gasteiger partial charge in [-0.15, -0.1) is 0 Å². The predicted molar refractivity (Wildman–Crippen MR) is 90.4 cm³/mol. The van der Waals surface area contributed by atoms with Crippen LogP contribution >= 0.6 is 0 Å². The van der Waals surface area contributed by atoms with Crippen molar-refractivity contribution in [3.05, 3.63) is 47.2 Å². The summed E-state index contributed by atoms with van der Waals surface area (Å²) in [5, 5.41) is 5.21. The maximum atomic E-state index is 5.51. The van der Waals surface area contributed by atoms with E-state index in [-0.39, 0.29) is 0 Å². The van der Waals surface area contributed by atoms with Crippen LogP contribution in [0.4, 0.5) is 0 Å². The van der Waals surface area contributed by atoms with Gasteiger partial charge in [-0.2, -0.15) is 4.98 Å². The molecule has 0 saturated heterocycles. The lowest BCUT2D eigenvalue weighted by Crippen LogP contribution is -2.14. The Morgan fingerprint density at radius 3 is 2.91 bits per heavy atom. The van der Waals surface area contributed by atoms with Gasteiger partial charge in [-0.05, 0) is 50.3 Å². The summed E-state index contributed by atoms with van der Waals surface area (Å²) in [4.78, 5) is 9.91. The van der Waals surface area contributed by atoms with Crippen LogP contribution in [0.15, 0.2) is 28.9 Å². The molecule has 0 radical (unpaired) electrons. The highest BCUT2D eigenvalue weighted by molar-refractivity contribution is 5.84. The maximum Gasteiger partial charge on any atom is 0.231 e. The van der Waals surface area contributed by atoms with Crippen LogP contribution in [-0.2, 0) is 19.3 Å². The minimum Gasteiger partial charge on any atom is -0.361 e. The van der Waals surface area contributed by atoms with Crippen LogP contribution in [0.25, 0.3) is 10.9 Å². The molecule has 0 fully saturated rings. The van der Waals surface area contributed by atoms with Crippen molar-refractivity contribution in [2.45, 2.75) is 19.3 Å². The second-order valence-corrected chi connectivity index (χ2v) is 6.07. The monoisotopic (exact) mass is 313 g/mol. The van der Waals surface area contributed by atoms with Crippen LogP contribution in [-0.4, -0.2) is 47.2 Å². The van der Waals surface area contributed by atoms with E-state index in [1.165, 1.54) is 16.5 Å². The molecule has 0 atom stereocenters. The van der Waals surface area contributed by atoms with Crippen molar-refractivity contribution in [3.8, 4) is 0 Å². The Hall–Kier alpha value is -2.18. The first-order chi connectivity index (χ1) is 11.2. The molecule has 122 valence electrons. The number of likely N-dealkylation sites (N-methyl/N-ethyl adjacent to an activating group) is 1. The lowest BCUT2D eigenvalue weighted by molar-refractivity contribution is 0.379. The number of fused-ring (bicyclic) bond motifs is 1. The summed E-state index contributed by atoms with van der Waals surface area (Å²) in [5.41, 5.74) is 9.18. The largest absolute Gasteiger partial charge is 0.361 e. The lowest BCUT2D eigenvalue weighted by atomic mass is 10.1. The second kappa shape index (κ2) is 6.93. The first kappa shape index (κ1) is 15.7. The standard InChI is InChI=1S/C17H23N5O/c1-22(2)8-6-13-11-19-15-4-3-12(9-14(13)15)10-17-20-16(5-7-18)21-23-17/h3-4,9,11,19H,5-8,10,18H2,1-2H3. The third-order valence-electron chi connectivity index (χ3n) is 3.89. The Labute approximate surface area is 135 Å². The fraction of sp³-hybridized carbons (Fsp3) is 0.412. The number of aromatic nitrogens is 3. The van der Waals surface area contributed by atoms with Gasteiger partial charge in [0.05, 0.1) is 6.42 Å². The Kier molecular flexibility index (Phi) is 4.73. The predicted octanol–water partition coefficient (Wildman–Crippen LogP) is 1.75. The average molecular weight is 313 g/mol. The topological polar surface area (TPSA) is 84.0 Å². The summed E-state index contributed by atoms with van der Waals surface area (Å²) in [6.07, 6.45) is 4.42. The zero-order chi connectivity index (χ0) is 16.2. The number of hydrogen-bond donors (Lipinski definition) is 2. The molecule has 0 aliphatic carbocycles. The SMILES string of the molecule is CN(C)CCc1c[nH]c2ccc(Cc3nc(CCN)no3)cc12. The fourth-order valence-corrected chi connectivity index (χ4v) is 2.65. The van der Waals surface area contributed by atoms with E-state index in [4.69, 9.17) is 10.3 Å². The third kappa shape index (κ3) is 3.78. The van der Waals surface area contributed by atoms with Gasteiger partial charge in [-0.1, -0.05) is 11.2 Å². The minimum atomic E-state index is 0.531. The molecule has 3 N–H and O–H groups in total. The number of nitrogens with zero attached hydrogens (tertiary/aromatic N) is 3. The molecule has 0 amide bonds. The molecule has 2 aromatic heterocycles. The van der Waals surface area contributed by atoms with Gasteiger partial charge in [0.1, 0.15) is 0 Å². The van der Waals surface area contributed by atoms with E-state index in [9.17, 15) is 0 Å². The van der Waals surface area contributed by atoms with Crippen LogP contribution in [0.2, 0.25) is 0 Å². The number of H-pyrrole nitrogens is 1. The van der Waals surface area contributed by atoms with E-state index in [1.54, 1.807) is 0 Å². The average Bonchev–Trinajstić information content (AvgIpc) is 3.12. The summed E-state index contributed by atoms with van der Waals surface area (Å²) >= 11 is 0. The summed E-state index contributed by atoms with van der Waals surface area (Å²) < 4.78 is 5.29. The molecule has 2 heterocycles. The first-order valence-corrected chi connectivity index (χ1v) is 7.91. The molecule has 3 aromatic rings. The molecule has 6 heteroatoms. The van der Waals surface area contributed by atoms with Crippen molar-refractivity contribution >= 4 is 10.9 Å². The van der Waals surface area contributed by atoms with Gasteiger partial charge in [0, 0.05) is 30.1 Å². The van der Waals surface area contributed by atoms with E-state index < -0.39 is 0 Å². The molecule has 0 aliphatic rings. The molecular weight excluding hydrogens is 290 g/mol. The molecule has 23 heavy (non-hydrogen) atoms. The van der Waals surface area contributed by atoms with Gasteiger partial charge in [-0.3, -0.25) is 0 Å². The van der Waals surface area contributed by atoms with E-state index >= 15 is 0 Å². The van der Waals surface area contributed by atoms with Crippen LogP contribution in [0.1, 0.15) is 22.8 Å². The molecule has 0 spiro atoms. The van der Waals surface area contributed by atoms with Crippen molar-refractivity contribution in [2.24, 2.45) is 5.73 Å². The number of nitrogens with two attached hydrogens (primary N) is 1. The highest BCUT2D eigenvalue weighted by Gasteiger charge is 2.09. The third-order valence-corrected chi connectivity index (χ3v) is 3.89. The first-order valence-electron chi connectivity index (χ1n) is 7.91. The molecule has 6 nitrogen and oxygen atoms in total. The van der Waals surface area contributed by atoms with E-state index in [2.05, 4.69) is 58.5 Å². The van der Waals surface area contributed by atoms with Crippen molar-refractivity contribution in [1.29, 1.82) is 0 Å². The van der Waals surface area contributed by atoms with E-state index in [0.717, 1.165) is 18.5 Å². The minimum absolute atomic E-state index is 0.531. The number of aromatic amines is 1.